The van der Waals surface area contributed by atoms with E-state index >= 15 is 0 Å². The number of rotatable bonds is 10. The van der Waals surface area contributed by atoms with Gasteiger partial charge < -0.3 is 14.9 Å². The summed E-state index contributed by atoms with van der Waals surface area (Å²) in [5.74, 6) is 0.321. The van der Waals surface area contributed by atoms with E-state index < -0.39 is 5.97 Å². The minimum atomic E-state index is -0.723. The smallest absolute Gasteiger partial charge is 0.317 e. The first-order valence-electron chi connectivity index (χ1n) is 11.5. The summed E-state index contributed by atoms with van der Waals surface area (Å²) in [6.07, 6.45) is 12.3. The molecule has 2 fully saturated rings. The highest BCUT2D eigenvalue weighted by atomic mass is 16.4. The second kappa shape index (κ2) is 11.9. The van der Waals surface area contributed by atoms with Crippen LogP contribution in [0.2, 0.25) is 0 Å². The highest BCUT2D eigenvalue weighted by Gasteiger charge is 2.21. The molecular weight excluding hydrogens is 380 g/mol. The largest absolute Gasteiger partial charge is 0.480 e. The molecule has 2 aliphatic rings. The van der Waals surface area contributed by atoms with Crippen LogP contribution >= 0.6 is 0 Å². The monoisotopic (exact) mass is 416 g/mol. The van der Waals surface area contributed by atoms with Gasteiger partial charge in [0.2, 0.25) is 5.91 Å². The second-order valence-corrected chi connectivity index (χ2v) is 8.64. The van der Waals surface area contributed by atoms with Gasteiger partial charge in [-0.15, -0.1) is 0 Å². The van der Waals surface area contributed by atoms with E-state index in [1.54, 1.807) is 0 Å². The van der Waals surface area contributed by atoms with E-state index in [0.29, 0.717) is 12.3 Å². The van der Waals surface area contributed by atoms with Gasteiger partial charge in [0, 0.05) is 50.7 Å². The van der Waals surface area contributed by atoms with Crippen LogP contribution in [0.5, 0.6) is 0 Å². The molecule has 2 saturated heterocycles. The Bertz CT molecular complexity index is 654. The average Bonchev–Trinajstić information content (AvgIpc) is 2.77. The molecule has 0 radical (unpaired) electrons. The molecule has 3 heterocycles. The van der Waals surface area contributed by atoms with Crippen LogP contribution in [-0.4, -0.2) is 77.6 Å². The molecule has 30 heavy (non-hydrogen) atoms. The number of hydrogen-bond donors (Lipinski definition) is 1. The lowest BCUT2D eigenvalue weighted by Crippen LogP contribution is -2.48. The van der Waals surface area contributed by atoms with Crippen molar-refractivity contribution in [3.05, 3.63) is 24.5 Å². The van der Waals surface area contributed by atoms with Gasteiger partial charge in [-0.25, -0.2) is 0 Å². The van der Waals surface area contributed by atoms with Crippen molar-refractivity contribution in [3.8, 4) is 0 Å². The average molecular weight is 417 g/mol. The Morgan fingerprint density at radius 3 is 2.27 bits per heavy atom. The SMILES string of the molecule is O=C(O)CN1CCC(CCCCCCC(=O)N2CCN(c3ccncc3)CC2)CC1. The number of piperazine rings is 1. The quantitative estimate of drug-likeness (QED) is 0.591. The summed E-state index contributed by atoms with van der Waals surface area (Å²) in [6, 6.07) is 4.05. The molecule has 0 unspecified atom stereocenters. The summed E-state index contributed by atoms with van der Waals surface area (Å²) in [4.78, 5) is 33.7. The van der Waals surface area contributed by atoms with Gasteiger partial charge in [-0.3, -0.25) is 19.5 Å². The third kappa shape index (κ3) is 7.27. The molecule has 1 aromatic rings. The maximum absolute atomic E-state index is 12.5. The lowest BCUT2D eigenvalue weighted by atomic mass is 9.91. The molecule has 7 nitrogen and oxygen atoms in total. The van der Waals surface area contributed by atoms with E-state index in [1.807, 2.05) is 34.3 Å². The van der Waals surface area contributed by atoms with Gasteiger partial charge >= 0.3 is 5.97 Å². The lowest BCUT2D eigenvalue weighted by Gasteiger charge is -2.36. The van der Waals surface area contributed by atoms with Gasteiger partial charge in [-0.1, -0.05) is 25.7 Å². The summed E-state index contributed by atoms with van der Waals surface area (Å²) in [6.45, 7) is 5.41. The van der Waals surface area contributed by atoms with Crippen LogP contribution < -0.4 is 4.90 Å². The zero-order chi connectivity index (χ0) is 21.2. The van der Waals surface area contributed by atoms with E-state index in [2.05, 4.69) is 9.88 Å². The van der Waals surface area contributed by atoms with Crippen molar-refractivity contribution in [3.63, 3.8) is 0 Å². The Labute approximate surface area is 180 Å². The number of hydrogen-bond acceptors (Lipinski definition) is 5. The number of carboxylic acid groups (broad SMARTS) is 1. The molecule has 166 valence electrons. The number of amides is 1. The third-order valence-corrected chi connectivity index (χ3v) is 6.48. The fourth-order valence-corrected chi connectivity index (χ4v) is 4.61. The molecule has 1 N–H and O–H groups in total. The zero-order valence-electron chi connectivity index (χ0n) is 18.0. The topological polar surface area (TPSA) is 77.0 Å². The minimum Gasteiger partial charge on any atom is -0.480 e. The van der Waals surface area contributed by atoms with Crippen LogP contribution in [-0.2, 0) is 9.59 Å². The number of piperidine rings is 1. The number of aromatic nitrogens is 1. The summed E-state index contributed by atoms with van der Waals surface area (Å²) in [5, 5.41) is 8.86. The Balaban J connectivity index is 1.20. The van der Waals surface area contributed by atoms with Gasteiger partial charge in [0.05, 0.1) is 6.54 Å². The standard InChI is InChI=1S/C23H36N4O3/c28-22(27-17-15-26(16-18-27)21-7-11-24-12-8-21)6-4-2-1-3-5-20-9-13-25(14-10-20)19-23(29)30/h7-8,11-12,20H,1-6,9-10,13-19H2,(H,29,30). The van der Waals surface area contributed by atoms with Crippen LogP contribution in [0.1, 0.15) is 51.4 Å². The van der Waals surface area contributed by atoms with Crippen molar-refractivity contribution in [2.45, 2.75) is 51.4 Å². The molecule has 7 heteroatoms. The second-order valence-electron chi connectivity index (χ2n) is 8.64. The Hall–Kier alpha value is -2.15. The maximum Gasteiger partial charge on any atom is 0.317 e. The molecule has 0 bridgehead atoms. The molecule has 0 spiro atoms. The first-order valence-corrected chi connectivity index (χ1v) is 11.5. The molecule has 0 saturated carbocycles. The van der Waals surface area contributed by atoms with Crippen molar-refractivity contribution in [1.29, 1.82) is 0 Å². The van der Waals surface area contributed by atoms with Crippen LogP contribution in [0.25, 0.3) is 0 Å². The van der Waals surface area contributed by atoms with Crippen molar-refractivity contribution in [2.75, 3.05) is 50.7 Å². The lowest BCUT2D eigenvalue weighted by molar-refractivity contribution is -0.138. The van der Waals surface area contributed by atoms with Gasteiger partial charge in [0.1, 0.15) is 0 Å². The fraction of sp³-hybridized carbons (Fsp3) is 0.696. The number of unbranched alkanes of at least 4 members (excludes halogenated alkanes) is 3. The first kappa shape index (κ1) is 22.5. The van der Waals surface area contributed by atoms with Gasteiger partial charge in [0.25, 0.3) is 0 Å². The summed E-state index contributed by atoms with van der Waals surface area (Å²) in [5.41, 5.74) is 1.18. The van der Waals surface area contributed by atoms with Gasteiger partial charge in [-0.2, -0.15) is 0 Å². The summed E-state index contributed by atoms with van der Waals surface area (Å²) in [7, 11) is 0. The molecule has 0 aromatic carbocycles. The number of carboxylic acids is 1. The van der Waals surface area contributed by atoms with Crippen LogP contribution in [0, 0.1) is 5.92 Å². The van der Waals surface area contributed by atoms with Crippen molar-refractivity contribution < 1.29 is 14.7 Å². The van der Waals surface area contributed by atoms with Crippen LogP contribution in [0.3, 0.4) is 0 Å². The highest BCUT2D eigenvalue weighted by molar-refractivity contribution is 5.76. The van der Waals surface area contributed by atoms with Crippen molar-refractivity contribution >= 4 is 17.6 Å². The molecule has 1 aromatic heterocycles. The van der Waals surface area contributed by atoms with E-state index in [0.717, 1.165) is 70.9 Å². The molecule has 0 atom stereocenters. The third-order valence-electron chi connectivity index (χ3n) is 6.48. The van der Waals surface area contributed by atoms with E-state index in [-0.39, 0.29) is 6.54 Å². The molecular formula is C23H36N4O3. The molecule has 0 aliphatic carbocycles. The Morgan fingerprint density at radius 1 is 0.933 bits per heavy atom. The molecule has 1 amide bonds. The van der Waals surface area contributed by atoms with Gasteiger partial charge in [-0.05, 0) is 50.4 Å². The number of pyridine rings is 1. The fourth-order valence-electron chi connectivity index (χ4n) is 4.61. The highest BCUT2D eigenvalue weighted by Crippen LogP contribution is 2.23. The minimum absolute atomic E-state index is 0.180. The normalized spacial score (nSPS) is 18.5. The predicted molar refractivity (Wildman–Crippen MR) is 118 cm³/mol. The van der Waals surface area contributed by atoms with Crippen LogP contribution in [0.15, 0.2) is 24.5 Å². The zero-order valence-corrected chi connectivity index (χ0v) is 18.0. The predicted octanol–water partition coefficient (Wildman–Crippen LogP) is 2.87. The number of nitrogens with zero attached hydrogens (tertiary/aromatic N) is 4. The number of aliphatic carboxylic acids is 1. The number of carbonyl (C=O) groups is 2. The van der Waals surface area contributed by atoms with Crippen molar-refractivity contribution in [1.82, 2.24) is 14.8 Å². The van der Waals surface area contributed by atoms with Crippen LogP contribution in [0.4, 0.5) is 5.69 Å². The molecule has 2 aliphatic heterocycles. The maximum atomic E-state index is 12.5. The number of carbonyl (C=O) groups excluding carboxylic acids is 1. The Morgan fingerprint density at radius 2 is 1.60 bits per heavy atom. The number of likely N-dealkylation sites (tertiary alicyclic amines) is 1. The first-order chi connectivity index (χ1) is 14.6. The Kier molecular flexibility index (Phi) is 8.93. The van der Waals surface area contributed by atoms with Gasteiger partial charge in [0.15, 0.2) is 0 Å². The van der Waals surface area contributed by atoms with E-state index in [4.69, 9.17) is 5.11 Å². The molecule has 3 rings (SSSR count). The summed E-state index contributed by atoms with van der Waals surface area (Å²) < 4.78 is 0. The van der Waals surface area contributed by atoms with Crippen molar-refractivity contribution in [2.24, 2.45) is 5.92 Å². The number of anilines is 1. The van der Waals surface area contributed by atoms with E-state index in [1.165, 1.54) is 24.9 Å². The summed E-state index contributed by atoms with van der Waals surface area (Å²) >= 11 is 0. The van der Waals surface area contributed by atoms with E-state index in [9.17, 15) is 9.59 Å².